The summed E-state index contributed by atoms with van der Waals surface area (Å²) in [6, 6.07) is 3.94. The Labute approximate surface area is 93.9 Å². The van der Waals surface area contributed by atoms with E-state index in [0.29, 0.717) is 5.92 Å². The molecule has 0 saturated carbocycles. The first-order chi connectivity index (χ1) is 7.84. The highest BCUT2D eigenvalue weighted by molar-refractivity contribution is 5.36. The van der Waals surface area contributed by atoms with Gasteiger partial charge in [0.15, 0.2) is 11.5 Å². The summed E-state index contributed by atoms with van der Waals surface area (Å²) in [4.78, 5) is 0. The molecule has 5 nitrogen and oxygen atoms in total. The molecule has 0 bridgehead atoms. The van der Waals surface area contributed by atoms with E-state index < -0.39 is 0 Å². The fourth-order valence-electron chi connectivity index (χ4n) is 2.23. The molecule has 0 unspecified atom stereocenters. The molecular weight excluding hydrogens is 202 g/mol. The Balaban J connectivity index is 2.05. The molecule has 0 amide bonds. The van der Waals surface area contributed by atoms with Gasteiger partial charge in [-0.2, -0.15) is 9.61 Å². The minimum Gasteiger partial charge on any atom is -0.317 e. The second-order valence-corrected chi connectivity index (χ2v) is 4.33. The summed E-state index contributed by atoms with van der Waals surface area (Å²) in [6.07, 6.45) is 2.24. The summed E-state index contributed by atoms with van der Waals surface area (Å²) in [5.74, 6) is 1.51. The van der Waals surface area contributed by atoms with Gasteiger partial charge in [0, 0.05) is 5.92 Å². The lowest BCUT2D eigenvalue weighted by Crippen LogP contribution is -2.27. The lowest BCUT2D eigenvalue weighted by molar-refractivity contribution is 0.438. The first-order valence-corrected chi connectivity index (χ1v) is 5.74. The molecule has 0 aromatic carbocycles. The molecule has 2 aromatic heterocycles. The van der Waals surface area contributed by atoms with Crippen LogP contribution in [-0.2, 0) is 0 Å². The van der Waals surface area contributed by atoms with Gasteiger partial charge in [0.25, 0.3) is 0 Å². The largest absolute Gasteiger partial charge is 0.317 e. The normalized spacial score (nSPS) is 18.1. The zero-order valence-corrected chi connectivity index (χ0v) is 9.35. The maximum Gasteiger partial charge on any atom is 0.177 e. The monoisotopic (exact) mass is 217 g/mol. The molecule has 16 heavy (non-hydrogen) atoms. The predicted octanol–water partition coefficient (Wildman–Crippen LogP) is 0.900. The number of nitrogens with one attached hydrogen (secondary N) is 1. The zero-order chi connectivity index (χ0) is 11.0. The number of hydrogen-bond donors (Lipinski definition) is 1. The van der Waals surface area contributed by atoms with Gasteiger partial charge in [-0.15, -0.1) is 10.2 Å². The minimum atomic E-state index is 0.491. The molecule has 3 heterocycles. The van der Waals surface area contributed by atoms with Crippen LogP contribution in [0, 0.1) is 6.92 Å². The van der Waals surface area contributed by atoms with Crippen LogP contribution in [0.1, 0.15) is 30.3 Å². The smallest absolute Gasteiger partial charge is 0.177 e. The highest BCUT2D eigenvalue weighted by Gasteiger charge is 2.21. The molecular formula is C11H15N5. The van der Waals surface area contributed by atoms with Crippen LogP contribution in [0.3, 0.4) is 0 Å². The maximum atomic E-state index is 4.48. The van der Waals surface area contributed by atoms with E-state index in [1.807, 2.05) is 23.6 Å². The highest BCUT2D eigenvalue weighted by atomic mass is 15.4. The average Bonchev–Trinajstić information content (AvgIpc) is 2.73. The van der Waals surface area contributed by atoms with Crippen molar-refractivity contribution in [3.8, 4) is 0 Å². The summed E-state index contributed by atoms with van der Waals surface area (Å²) in [5.41, 5.74) is 1.85. The van der Waals surface area contributed by atoms with Crippen LogP contribution in [0.4, 0.5) is 0 Å². The van der Waals surface area contributed by atoms with Crippen molar-refractivity contribution in [2.75, 3.05) is 13.1 Å². The lowest BCUT2D eigenvalue weighted by atomic mass is 9.97. The fraction of sp³-hybridized carbons (Fsp3) is 0.545. The molecule has 1 aliphatic rings. The van der Waals surface area contributed by atoms with E-state index >= 15 is 0 Å². The molecule has 0 aliphatic carbocycles. The molecule has 1 N–H and O–H groups in total. The van der Waals surface area contributed by atoms with Crippen LogP contribution in [0.2, 0.25) is 0 Å². The van der Waals surface area contributed by atoms with Crippen molar-refractivity contribution in [2.45, 2.75) is 25.7 Å². The molecule has 1 aliphatic heterocycles. The Morgan fingerprint density at radius 1 is 1.25 bits per heavy atom. The number of rotatable bonds is 1. The third kappa shape index (κ3) is 1.57. The number of nitrogens with zero attached hydrogens (tertiary/aromatic N) is 4. The van der Waals surface area contributed by atoms with E-state index in [1.54, 1.807) is 0 Å². The van der Waals surface area contributed by atoms with Gasteiger partial charge >= 0.3 is 0 Å². The van der Waals surface area contributed by atoms with Crippen molar-refractivity contribution < 1.29 is 0 Å². The molecule has 0 spiro atoms. The maximum absolute atomic E-state index is 4.48. The van der Waals surface area contributed by atoms with Crippen LogP contribution >= 0.6 is 0 Å². The minimum absolute atomic E-state index is 0.491. The van der Waals surface area contributed by atoms with Crippen LogP contribution in [0.5, 0.6) is 0 Å². The topological polar surface area (TPSA) is 55.1 Å². The molecule has 2 aromatic rings. The van der Waals surface area contributed by atoms with E-state index in [-0.39, 0.29) is 0 Å². The van der Waals surface area contributed by atoms with E-state index in [1.165, 1.54) is 0 Å². The molecule has 5 heteroatoms. The van der Waals surface area contributed by atoms with Gasteiger partial charge in [-0.25, -0.2) is 0 Å². The van der Waals surface area contributed by atoms with Crippen molar-refractivity contribution in [1.29, 1.82) is 0 Å². The SMILES string of the molecule is Cc1ccc2nnc(C3CCNCC3)n2n1. The molecule has 84 valence electrons. The number of aryl methyl sites for hydroxylation is 1. The lowest BCUT2D eigenvalue weighted by Gasteiger charge is -2.20. The Hall–Kier alpha value is -1.49. The summed E-state index contributed by atoms with van der Waals surface area (Å²) in [7, 11) is 0. The van der Waals surface area contributed by atoms with Gasteiger partial charge in [-0.3, -0.25) is 0 Å². The van der Waals surface area contributed by atoms with Gasteiger partial charge in [0.2, 0.25) is 0 Å². The first-order valence-electron chi connectivity index (χ1n) is 5.74. The Kier molecular flexibility index (Phi) is 2.32. The van der Waals surface area contributed by atoms with Crippen molar-refractivity contribution in [3.63, 3.8) is 0 Å². The van der Waals surface area contributed by atoms with Crippen molar-refractivity contribution in [3.05, 3.63) is 23.7 Å². The van der Waals surface area contributed by atoms with Crippen LogP contribution in [-0.4, -0.2) is 32.9 Å². The van der Waals surface area contributed by atoms with Crippen molar-refractivity contribution in [1.82, 2.24) is 25.1 Å². The quantitative estimate of drug-likeness (QED) is 0.771. The van der Waals surface area contributed by atoms with Crippen LogP contribution in [0.15, 0.2) is 12.1 Å². The van der Waals surface area contributed by atoms with Gasteiger partial charge in [-0.05, 0) is 45.0 Å². The Morgan fingerprint density at radius 2 is 2.06 bits per heavy atom. The molecule has 1 fully saturated rings. The summed E-state index contributed by atoms with van der Waals surface area (Å²) in [5, 5.41) is 16.3. The molecule has 0 atom stereocenters. The second kappa shape index (κ2) is 3.83. The van der Waals surface area contributed by atoms with E-state index in [9.17, 15) is 0 Å². The van der Waals surface area contributed by atoms with Crippen LogP contribution < -0.4 is 5.32 Å². The summed E-state index contributed by atoms with van der Waals surface area (Å²) >= 11 is 0. The fourth-order valence-corrected chi connectivity index (χ4v) is 2.23. The molecule has 3 rings (SSSR count). The highest BCUT2D eigenvalue weighted by Crippen LogP contribution is 2.23. The van der Waals surface area contributed by atoms with E-state index in [4.69, 9.17) is 0 Å². The molecule has 1 saturated heterocycles. The number of piperidine rings is 1. The standard InChI is InChI=1S/C11H15N5/c1-8-2-3-10-13-14-11(16(10)15-8)9-4-6-12-7-5-9/h2-3,9,12H,4-7H2,1H3. The van der Waals surface area contributed by atoms with Gasteiger partial charge in [-0.1, -0.05) is 0 Å². The van der Waals surface area contributed by atoms with Crippen molar-refractivity contribution in [2.24, 2.45) is 0 Å². The van der Waals surface area contributed by atoms with Crippen molar-refractivity contribution >= 4 is 5.65 Å². The Morgan fingerprint density at radius 3 is 2.88 bits per heavy atom. The van der Waals surface area contributed by atoms with Gasteiger partial charge < -0.3 is 5.32 Å². The Bertz CT molecular complexity index is 498. The number of hydrogen-bond acceptors (Lipinski definition) is 4. The second-order valence-electron chi connectivity index (χ2n) is 4.33. The third-order valence-electron chi connectivity index (χ3n) is 3.12. The number of aromatic nitrogens is 4. The summed E-state index contributed by atoms with van der Waals surface area (Å²) in [6.45, 7) is 4.11. The van der Waals surface area contributed by atoms with E-state index in [0.717, 1.165) is 43.1 Å². The first kappa shape index (κ1) is 9.72. The summed E-state index contributed by atoms with van der Waals surface area (Å²) < 4.78 is 1.89. The van der Waals surface area contributed by atoms with Gasteiger partial charge in [0.05, 0.1) is 5.69 Å². The van der Waals surface area contributed by atoms with E-state index in [2.05, 4.69) is 20.6 Å². The average molecular weight is 217 g/mol. The third-order valence-corrected chi connectivity index (χ3v) is 3.12. The zero-order valence-electron chi connectivity index (χ0n) is 9.35. The van der Waals surface area contributed by atoms with Gasteiger partial charge in [0.1, 0.15) is 0 Å². The number of fused-ring (bicyclic) bond motifs is 1. The molecule has 0 radical (unpaired) electrons. The van der Waals surface area contributed by atoms with Crippen LogP contribution in [0.25, 0.3) is 5.65 Å². The predicted molar refractivity (Wildman–Crippen MR) is 60.4 cm³/mol.